The van der Waals surface area contributed by atoms with Crippen molar-refractivity contribution in [2.75, 3.05) is 12.4 Å². The summed E-state index contributed by atoms with van der Waals surface area (Å²) in [5, 5.41) is 2.43. The van der Waals surface area contributed by atoms with Gasteiger partial charge in [-0.05, 0) is 33.6 Å². The van der Waals surface area contributed by atoms with Gasteiger partial charge in [-0.1, -0.05) is 0 Å². The minimum atomic E-state index is -0.693. The number of carbonyl (C=O) groups excluding carboxylic acids is 2. The minimum Gasteiger partial charge on any atom is -0.464 e. The van der Waals surface area contributed by atoms with Crippen molar-refractivity contribution in [1.29, 1.82) is 0 Å². The number of rotatable bonds is 3. The molecule has 114 valence electrons. The highest BCUT2D eigenvalue weighted by Gasteiger charge is 2.28. The Morgan fingerprint density at radius 3 is 2.52 bits per heavy atom. The lowest BCUT2D eigenvalue weighted by molar-refractivity contribution is 0.0594. The summed E-state index contributed by atoms with van der Waals surface area (Å²) in [5.74, 6) is -0.256. The number of hydrogen-bond acceptors (Lipinski definition) is 6. The van der Waals surface area contributed by atoms with Gasteiger partial charge < -0.3 is 9.47 Å². The Labute approximate surface area is 123 Å². The van der Waals surface area contributed by atoms with Gasteiger partial charge in [0.25, 0.3) is 0 Å². The fourth-order valence-electron chi connectivity index (χ4n) is 1.71. The second kappa shape index (κ2) is 5.67. The molecule has 1 amide bonds. The van der Waals surface area contributed by atoms with Crippen LogP contribution in [0, 0.1) is 0 Å². The van der Waals surface area contributed by atoms with E-state index in [4.69, 9.17) is 4.74 Å². The topological polar surface area (TPSA) is 90.4 Å². The van der Waals surface area contributed by atoms with Crippen LogP contribution in [0.4, 0.5) is 10.6 Å². The maximum atomic E-state index is 11.8. The molecule has 7 heteroatoms. The molecule has 1 heterocycles. The lowest BCUT2D eigenvalue weighted by Crippen LogP contribution is -2.28. The molecular formula is C14H19N3O4. The van der Waals surface area contributed by atoms with Crippen molar-refractivity contribution in [3.05, 3.63) is 17.6 Å². The zero-order valence-corrected chi connectivity index (χ0v) is 12.6. The van der Waals surface area contributed by atoms with E-state index in [1.54, 1.807) is 27.0 Å². The third-order valence-electron chi connectivity index (χ3n) is 2.78. The van der Waals surface area contributed by atoms with Gasteiger partial charge >= 0.3 is 12.1 Å². The maximum absolute atomic E-state index is 11.8. The summed E-state index contributed by atoms with van der Waals surface area (Å²) in [4.78, 5) is 31.9. The monoisotopic (exact) mass is 293 g/mol. The van der Waals surface area contributed by atoms with Crippen LogP contribution >= 0.6 is 0 Å². The number of amides is 1. The van der Waals surface area contributed by atoms with Gasteiger partial charge in [0.15, 0.2) is 11.5 Å². The zero-order valence-electron chi connectivity index (χ0n) is 12.6. The van der Waals surface area contributed by atoms with Crippen LogP contribution in [0.1, 0.15) is 55.7 Å². The van der Waals surface area contributed by atoms with Gasteiger partial charge in [-0.15, -0.1) is 0 Å². The summed E-state index contributed by atoms with van der Waals surface area (Å²) in [7, 11) is 1.26. The number of nitrogens with zero attached hydrogens (tertiary/aromatic N) is 2. The van der Waals surface area contributed by atoms with Gasteiger partial charge in [0.05, 0.1) is 19.0 Å². The first-order chi connectivity index (χ1) is 9.80. The molecule has 0 radical (unpaired) electrons. The van der Waals surface area contributed by atoms with Gasteiger partial charge in [0.1, 0.15) is 5.60 Å². The highest BCUT2D eigenvalue weighted by atomic mass is 16.6. The highest BCUT2D eigenvalue weighted by Crippen LogP contribution is 2.39. The molecule has 0 bridgehead atoms. The predicted molar refractivity (Wildman–Crippen MR) is 75.2 cm³/mol. The molecule has 0 aromatic carbocycles. The van der Waals surface area contributed by atoms with E-state index in [2.05, 4.69) is 20.0 Å². The van der Waals surface area contributed by atoms with Crippen molar-refractivity contribution in [3.8, 4) is 0 Å². The fourth-order valence-corrected chi connectivity index (χ4v) is 1.71. The molecule has 0 saturated heterocycles. The summed E-state index contributed by atoms with van der Waals surface area (Å²) in [5.41, 5.74) is 0.0922. The number of anilines is 1. The van der Waals surface area contributed by atoms with E-state index in [9.17, 15) is 9.59 Å². The fraction of sp³-hybridized carbons (Fsp3) is 0.571. The van der Waals surface area contributed by atoms with Gasteiger partial charge in [-0.2, -0.15) is 0 Å². The minimum absolute atomic E-state index is 0.00670. The van der Waals surface area contributed by atoms with Gasteiger partial charge in [-0.25, -0.2) is 19.6 Å². The number of ether oxygens (including phenoxy) is 2. The first-order valence-corrected chi connectivity index (χ1v) is 6.75. The number of hydrogen-bond donors (Lipinski definition) is 1. The maximum Gasteiger partial charge on any atom is 0.413 e. The highest BCUT2D eigenvalue weighted by molar-refractivity contribution is 5.96. The Morgan fingerprint density at radius 1 is 1.33 bits per heavy atom. The molecule has 2 rings (SSSR count). The first kappa shape index (κ1) is 15.2. The quantitative estimate of drug-likeness (QED) is 0.861. The molecule has 1 N–H and O–H groups in total. The van der Waals surface area contributed by atoms with E-state index in [0.29, 0.717) is 5.92 Å². The van der Waals surface area contributed by atoms with Crippen LogP contribution in [0.5, 0.6) is 0 Å². The summed E-state index contributed by atoms with van der Waals surface area (Å²) in [6.07, 6.45) is 2.94. The van der Waals surface area contributed by atoms with Crippen LogP contribution in [-0.2, 0) is 9.47 Å². The van der Waals surface area contributed by atoms with Crippen LogP contribution in [0.2, 0.25) is 0 Å². The number of aromatic nitrogens is 2. The number of carbonyl (C=O) groups is 2. The van der Waals surface area contributed by atoms with Crippen LogP contribution in [0.15, 0.2) is 6.20 Å². The zero-order chi connectivity index (χ0) is 15.6. The van der Waals surface area contributed by atoms with Gasteiger partial charge in [0, 0.05) is 5.92 Å². The van der Waals surface area contributed by atoms with Crippen molar-refractivity contribution in [2.45, 2.75) is 45.1 Å². The Hall–Kier alpha value is -2.18. The molecule has 0 spiro atoms. The largest absolute Gasteiger partial charge is 0.464 e. The van der Waals surface area contributed by atoms with Crippen LogP contribution < -0.4 is 5.32 Å². The second-order valence-corrected chi connectivity index (χ2v) is 5.88. The van der Waals surface area contributed by atoms with Crippen LogP contribution in [0.3, 0.4) is 0 Å². The smallest absolute Gasteiger partial charge is 0.413 e. The molecule has 1 saturated carbocycles. The average Bonchev–Trinajstić information content (AvgIpc) is 3.20. The van der Waals surface area contributed by atoms with Crippen molar-refractivity contribution >= 4 is 17.9 Å². The Kier molecular flexibility index (Phi) is 4.11. The molecule has 1 aliphatic rings. The lowest BCUT2D eigenvalue weighted by atomic mass is 10.2. The number of nitrogens with one attached hydrogen (secondary N) is 1. The second-order valence-electron chi connectivity index (χ2n) is 5.88. The SMILES string of the molecule is COC(=O)c1nc(C2CC2)cnc1NC(=O)OC(C)(C)C. The molecular weight excluding hydrogens is 274 g/mol. The van der Waals surface area contributed by atoms with E-state index in [0.717, 1.165) is 18.5 Å². The Balaban J connectivity index is 2.21. The summed E-state index contributed by atoms with van der Waals surface area (Å²) >= 11 is 0. The van der Waals surface area contributed by atoms with Crippen LogP contribution in [-0.4, -0.2) is 34.7 Å². The van der Waals surface area contributed by atoms with E-state index >= 15 is 0 Å². The van der Waals surface area contributed by atoms with Crippen molar-refractivity contribution < 1.29 is 19.1 Å². The van der Waals surface area contributed by atoms with Crippen LogP contribution in [0.25, 0.3) is 0 Å². The third-order valence-corrected chi connectivity index (χ3v) is 2.78. The molecule has 0 aliphatic heterocycles. The van der Waals surface area contributed by atoms with E-state index in [1.807, 2.05) is 0 Å². The normalized spacial score (nSPS) is 14.5. The molecule has 7 nitrogen and oxygen atoms in total. The molecule has 0 atom stereocenters. The standard InChI is InChI=1S/C14H19N3O4/c1-14(2,3)21-13(19)17-11-10(12(18)20-4)16-9(7-15-11)8-5-6-8/h7-8H,5-6H2,1-4H3,(H,15,17,19). The molecule has 1 fully saturated rings. The number of esters is 1. The van der Waals surface area contributed by atoms with Crippen molar-refractivity contribution in [3.63, 3.8) is 0 Å². The predicted octanol–water partition coefficient (Wildman–Crippen LogP) is 2.49. The van der Waals surface area contributed by atoms with Crippen molar-refractivity contribution in [1.82, 2.24) is 9.97 Å². The summed E-state index contributed by atoms with van der Waals surface area (Å²) < 4.78 is 9.81. The molecule has 1 aromatic heterocycles. The third kappa shape index (κ3) is 4.14. The van der Waals surface area contributed by atoms with E-state index in [-0.39, 0.29) is 11.5 Å². The van der Waals surface area contributed by atoms with E-state index in [1.165, 1.54) is 7.11 Å². The summed E-state index contributed by atoms with van der Waals surface area (Å²) in [6.45, 7) is 5.24. The molecule has 21 heavy (non-hydrogen) atoms. The number of methoxy groups -OCH3 is 1. The Morgan fingerprint density at radius 2 is 2.00 bits per heavy atom. The van der Waals surface area contributed by atoms with Crippen molar-refractivity contribution in [2.24, 2.45) is 0 Å². The van der Waals surface area contributed by atoms with E-state index < -0.39 is 17.7 Å². The molecule has 0 unspecified atom stereocenters. The first-order valence-electron chi connectivity index (χ1n) is 6.75. The van der Waals surface area contributed by atoms with Gasteiger partial charge in [0.2, 0.25) is 0 Å². The molecule has 1 aliphatic carbocycles. The lowest BCUT2D eigenvalue weighted by Gasteiger charge is -2.19. The Bertz CT molecular complexity index is 562. The van der Waals surface area contributed by atoms with Gasteiger partial charge in [-0.3, -0.25) is 5.32 Å². The molecule has 1 aromatic rings. The average molecular weight is 293 g/mol. The summed E-state index contributed by atoms with van der Waals surface area (Å²) in [6, 6.07) is 0.